The molecule has 0 aliphatic carbocycles. The van der Waals surface area contributed by atoms with E-state index in [1.807, 2.05) is 36.4 Å². The smallest absolute Gasteiger partial charge is 0.269 e. The highest BCUT2D eigenvalue weighted by Crippen LogP contribution is 2.23. The summed E-state index contributed by atoms with van der Waals surface area (Å²) < 4.78 is 0. The van der Waals surface area contributed by atoms with Gasteiger partial charge in [-0.25, -0.2) is 4.98 Å². The second kappa shape index (κ2) is 8.05. The predicted octanol–water partition coefficient (Wildman–Crippen LogP) is 3.27. The number of hydrogen-bond acceptors (Lipinski definition) is 4. The van der Waals surface area contributed by atoms with Gasteiger partial charge < -0.3 is 4.98 Å². The molecule has 2 amide bonds. The minimum atomic E-state index is -0.338. The van der Waals surface area contributed by atoms with E-state index in [0.29, 0.717) is 5.56 Å². The third kappa shape index (κ3) is 4.43. The molecule has 0 saturated heterocycles. The average Bonchev–Trinajstić information content (AvgIpc) is 3.07. The largest absolute Gasteiger partial charge is 0.333 e. The molecular formula is C19H20N4O2S. The summed E-state index contributed by atoms with van der Waals surface area (Å²) in [5, 5.41) is 0.865. The maximum Gasteiger partial charge on any atom is 0.269 e. The first-order valence-corrected chi connectivity index (χ1v) is 9.28. The Morgan fingerprint density at radius 1 is 1.08 bits per heavy atom. The molecule has 0 radical (unpaired) electrons. The number of para-hydroxylation sites is 2. The van der Waals surface area contributed by atoms with Gasteiger partial charge in [-0.1, -0.05) is 49.9 Å². The fourth-order valence-corrected chi connectivity index (χ4v) is 3.08. The molecule has 0 saturated carbocycles. The van der Waals surface area contributed by atoms with Crippen molar-refractivity contribution in [3.05, 3.63) is 59.7 Å². The molecule has 0 fully saturated rings. The zero-order valence-corrected chi connectivity index (χ0v) is 15.4. The van der Waals surface area contributed by atoms with Crippen molar-refractivity contribution < 1.29 is 9.59 Å². The molecule has 2 aromatic carbocycles. The highest BCUT2D eigenvalue weighted by Gasteiger charge is 2.10. The van der Waals surface area contributed by atoms with Crippen LogP contribution in [0.4, 0.5) is 0 Å². The van der Waals surface area contributed by atoms with E-state index in [-0.39, 0.29) is 17.7 Å². The Kier molecular flexibility index (Phi) is 5.58. The Hall–Kier alpha value is -2.80. The number of H-pyrrole nitrogens is 1. The normalized spacial score (nSPS) is 10.9. The van der Waals surface area contributed by atoms with Gasteiger partial charge in [-0.2, -0.15) is 0 Å². The van der Waals surface area contributed by atoms with Crippen molar-refractivity contribution in [1.82, 2.24) is 20.8 Å². The second-order valence-corrected chi connectivity index (χ2v) is 7.11. The molecule has 3 N–H and O–H groups in total. The van der Waals surface area contributed by atoms with Gasteiger partial charge in [0.1, 0.15) is 0 Å². The van der Waals surface area contributed by atoms with Gasteiger partial charge in [-0.15, -0.1) is 0 Å². The third-order valence-corrected chi connectivity index (χ3v) is 4.73. The first kappa shape index (κ1) is 18.0. The molecule has 3 rings (SSSR count). The molecule has 0 unspecified atom stereocenters. The number of carbonyl (C=O) groups is 2. The summed E-state index contributed by atoms with van der Waals surface area (Å²) in [5.74, 6) is -0.00753. The van der Waals surface area contributed by atoms with Crippen molar-refractivity contribution in [2.24, 2.45) is 5.92 Å². The van der Waals surface area contributed by atoms with Crippen LogP contribution in [0.2, 0.25) is 0 Å². The Labute approximate surface area is 155 Å². The van der Waals surface area contributed by atoms with E-state index in [0.717, 1.165) is 27.5 Å². The average molecular weight is 368 g/mol. The number of imidazole rings is 1. The topological polar surface area (TPSA) is 86.9 Å². The SMILES string of the molecule is CC(C)C(=O)NNC(=O)c1ccc(CSc2nc3ccccc3[nH]2)cc1. The number of rotatable bonds is 5. The summed E-state index contributed by atoms with van der Waals surface area (Å²) in [6.45, 7) is 3.52. The van der Waals surface area contributed by atoms with Crippen LogP contribution in [0.5, 0.6) is 0 Å². The van der Waals surface area contributed by atoms with Crippen LogP contribution in [0, 0.1) is 5.92 Å². The number of carbonyl (C=O) groups excluding carboxylic acids is 2. The van der Waals surface area contributed by atoms with Crippen LogP contribution in [0.3, 0.4) is 0 Å². The molecule has 0 bridgehead atoms. The standard InChI is InChI=1S/C19H20N4O2S/c1-12(2)17(24)22-23-18(25)14-9-7-13(8-10-14)11-26-19-20-15-5-3-4-6-16(15)21-19/h3-10,12H,11H2,1-2H3,(H,20,21)(H,22,24)(H,23,25). The van der Waals surface area contributed by atoms with Gasteiger partial charge in [-0.3, -0.25) is 20.4 Å². The van der Waals surface area contributed by atoms with E-state index in [4.69, 9.17) is 0 Å². The number of benzene rings is 2. The fraction of sp³-hybridized carbons (Fsp3) is 0.211. The van der Waals surface area contributed by atoms with Gasteiger partial charge in [0.15, 0.2) is 5.16 Å². The van der Waals surface area contributed by atoms with E-state index in [9.17, 15) is 9.59 Å². The molecule has 0 spiro atoms. The number of hydrazine groups is 1. The van der Waals surface area contributed by atoms with Gasteiger partial charge in [0.05, 0.1) is 11.0 Å². The Morgan fingerprint density at radius 3 is 2.50 bits per heavy atom. The fourth-order valence-electron chi connectivity index (χ4n) is 2.24. The molecule has 0 aliphatic heterocycles. The Morgan fingerprint density at radius 2 is 1.81 bits per heavy atom. The highest BCUT2D eigenvalue weighted by molar-refractivity contribution is 7.98. The first-order valence-electron chi connectivity index (χ1n) is 8.29. The molecule has 1 heterocycles. The van der Waals surface area contributed by atoms with Crippen molar-refractivity contribution >= 4 is 34.6 Å². The van der Waals surface area contributed by atoms with Crippen LogP contribution in [-0.4, -0.2) is 21.8 Å². The maximum absolute atomic E-state index is 12.0. The number of nitrogens with zero attached hydrogens (tertiary/aromatic N) is 1. The molecule has 0 aliphatic rings. The van der Waals surface area contributed by atoms with Gasteiger partial charge >= 0.3 is 0 Å². The lowest BCUT2D eigenvalue weighted by Gasteiger charge is -2.09. The molecule has 7 heteroatoms. The molecule has 1 aromatic heterocycles. The van der Waals surface area contributed by atoms with Crippen LogP contribution >= 0.6 is 11.8 Å². The number of amides is 2. The summed E-state index contributed by atoms with van der Waals surface area (Å²) in [5.41, 5.74) is 8.36. The minimum Gasteiger partial charge on any atom is -0.333 e. The molecule has 134 valence electrons. The van der Waals surface area contributed by atoms with Crippen molar-refractivity contribution in [2.45, 2.75) is 24.8 Å². The predicted molar refractivity (Wildman–Crippen MR) is 103 cm³/mol. The molecule has 26 heavy (non-hydrogen) atoms. The van der Waals surface area contributed by atoms with E-state index in [1.54, 1.807) is 37.7 Å². The van der Waals surface area contributed by atoms with Crippen molar-refractivity contribution in [1.29, 1.82) is 0 Å². The van der Waals surface area contributed by atoms with Crippen molar-refractivity contribution in [2.75, 3.05) is 0 Å². The number of thioether (sulfide) groups is 1. The highest BCUT2D eigenvalue weighted by atomic mass is 32.2. The molecule has 6 nitrogen and oxygen atoms in total. The zero-order valence-electron chi connectivity index (χ0n) is 14.6. The van der Waals surface area contributed by atoms with Gasteiger partial charge in [0.25, 0.3) is 5.91 Å². The van der Waals surface area contributed by atoms with Crippen LogP contribution in [0.1, 0.15) is 29.8 Å². The number of fused-ring (bicyclic) bond motifs is 1. The third-order valence-electron chi connectivity index (χ3n) is 3.78. The summed E-state index contributed by atoms with van der Waals surface area (Å²) in [6, 6.07) is 15.2. The van der Waals surface area contributed by atoms with Crippen LogP contribution in [-0.2, 0) is 10.5 Å². The molecule has 3 aromatic rings. The minimum absolute atomic E-state index is 0.187. The summed E-state index contributed by atoms with van der Waals surface area (Å²) in [7, 11) is 0. The first-order chi connectivity index (χ1) is 12.5. The van der Waals surface area contributed by atoms with E-state index < -0.39 is 0 Å². The lowest BCUT2D eigenvalue weighted by molar-refractivity contribution is -0.124. The second-order valence-electron chi connectivity index (χ2n) is 6.14. The summed E-state index contributed by atoms with van der Waals surface area (Å²) in [4.78, 5) is 31.3. The van der Waals surface area contributed by atoms with Crippen molar-refractivity contribution in [3.63, 3.8) is 0 Å². The lowest BCUT2D eigenvalue weighted by atomic mass is 10.1. The Balaban J connectivity index is 1.55. The quantitative estimate of drug-likeness (QED) is 0.476. The van der Waals surface area contributed by atoms with Gasteiger partial charge in [0.2, 0.25) is 5.91 Å². The van der Waals surface area contributed by atoms with Gasteiger partial charge in [0, 0.05) is 17.2 Å². The van der Waals surface area contributed by atoms with Crippen LogP contribution in [0.15, 0.2) is 53.7 Å². The maximum atomic E-state index is 12.0. The van der Waals surface area contributed by atoms with Crippen LogP contribution < -0.4 is 10.9 Å². The number of nitrogens with one attached hydrogen (secondary N) is 3. The molecule has 0 atom stereocenters. The monoisotopic (exact) mass is 368 g/mol. The Bertz CT molecular complexity index is 886. The number of aromatic nitrogens is 2. The lowest BCUT2D eigenvalue weighted by Crippen LogP contribution is -2.43. The number of aromatic amines is 1. The van der Waals surface area contributed by atoms with Gasteiger partial charge in [-0.05, 0) is 29.8 Å². The summed E-state index contributed by atoms with van der Waals surface area (Å²) in [6.07, 6.45) is 0. The van der Waals surface area contributed by atoms with Crippen LogP contribution in [0.25, 0.3) is 11.0 Å². The zero-order chi connectivity index (χ0) is 18.5. The van der Waals surface area contributed by atoms with E-state index >= 15 is 0 Å². The number of hydrogen-bond donors (Lipinski definition) is 3. The molecular weight excluding hydrogens is 348 g/mol. The van der Waals surface area contributed by atoms with E-state index in [1.165, 1.54) is 0 Å². The van der Waals surface area contributed by atoms with E-state index in [2.05, 4.69) is 20.8 Å². The summed E-state index contributed by atoms with van der Waals surface area (Å²) >= 11 is 1.61. The van der Waals surface area contributed by atoms with Crippen molar-refractivity contribution in [3.8, 4) is 0 Å².